The van der Waals surface area contributed by atoms with Gasteiger partial charge in [-0.2, -0.15) is 0 Å². The molecule has 1 fully saturated rings. The minimum Gasteiger partial charge on any atom is -0.478 e. The lowest BCUT2D eigenvalue weighted by Crippen LogP contribution is -2.20. The Labute approximate surface area is 98.7 Å². The molecule has 1 aromatic heterocycles. The summed E-state index contributed by atoms with van der Waals surface area (Å²) in [6.07, 6.45) is 3.30. The number of rotatable bonds is 5. The van der Waals surface area contributed by atoms with Gasteiger partial charge in [0.15, 0.2) is 0 Å². The Balaban J connectivity index is 2.03. The zero-order chi connectivity index (χ0) is 12.5. The largest absolute Gasteiger partial charge is 0.478 e. The van der Waals surface area contributed by atoms with Crippen molar-refractivity contribution in [2.45, 2.75) is 19.8 Å². The molecule has 17 heavy (non-hydrogen) atoms. The predicted molar refractivity (Wildman–Crippen MR) is 61.0 cm³/mol. The summed E-state index contributed by atoms with van der Waals surface area (Å²) in [5.74, 6) is -0.615. The van der Waals surface area contributed by atoms with Gasteiger partial charge in [-0.3, -0.25) is 0 Å². The van der Waals surface area contributed by atoms with Gasteiger partial charge in [0.1, 0.15) is 0 Å². The molecule has 1 heterocycles. The summed E-state index contributed by atoms with van der Waals surface area (Å²) in [6.45, 7) is 2.41. The van der Waals surface area contributed by atoms with Crippen LogP contribution in [0.15, 0.2) is 6.20 Å². The van der Waals surface area contributed by atoms with E-state index in [1.54, 1.807) is 6.92 Å². The Hall–Kier alpha value is -1.69. The van der Waals surface area contributed by atoms with Crippen molar-refractivity contribution in [2.24, 2.45) is 5.41 Å². The molecule has 0 atom stereocenters. The summed E-state index contributed by atoms with van der Waals surface area (Å²) in [5, 5.41) is 21.0. The lowest BCUT2D eigenvalue weighted by molar-refractivity contribution is 0.0695. The van der Waals surface area contributed by atoms with Crippen molar-refractivity contribution in [2.75, 3.05) is 18.5 Å². The zero-order valence-corrected chi connectivity index (χ0v) is 9.60. The van der Waals surface area contributed by atoms with Crippen molar-refractivity contribution in [3.63, 3.8) is 0 Å². The molecule has 1 saturated carbocycles. The molecule has 3 N–H and O–H groups in total. The van der Waals surface area contributed by atoms with Gasteiger partial charge in [0, 0.05) is 18.2 Å². The fourth-order valence-electron chi connectivity index (χ4n) is 1.60. The van der Waals surface area contributed by atoms with Crippen LogP contribution in [0.2, 0.25) is 0 Å². The van der Waals surface area contributed by atoms with Crippen LogP contribution in [-0.4, -0.2) is 39.3 Å². The SMILES string of the molecule is Cc1nc(NCC2(CO)CC2)ncc1C(=O)O. The van der Waals surface area contributed by atoms with Crippen molar-refractivity contribution < 1.29 is 15.0 Å². The van der Waals surface area contributed by atoms with Gasteiger partial charge in [0.05, 0.1) is 17.9 Å². The summed E-state index contributed by atoms with van der Waals surface area (Å²) < 4.78 is 0. The van der Waals surface area contributed by atoms with Gasteiger partial charge in [0.2, 0.25) is 5.95 Å². The van der Waals surface area contributed by atoms with Gasteiger partial charge in [-0.1, -0.05) is 0 Å². The average Bonchev–Trinajstić information content (AvgIpc) is 3.07. The topological polar surface area (TPSA) is 95.3 Å². The van der Waals surface area contributed by atoms with Crippen LogP contribution in [0.3, 0.4) is 0 Å². The first-order valence-electron chi connectivity index (χ1n) is 5.48. The molecule has 2 rings (SSSR count). The Bertz CT molecular complexity index is 444. The number of carbonyl (C=O) groups is 1. The van der Waals surface area contributed by atoms with E-state index < -0.39 is 5.97 Å². The van der Waals surface area contributed by atoms with Crippen LogP contribution in [-0.2, 0) is 0 Å². The maximum absolute atomic E-state index is 10.8. The monoisotopic (exact) mass is 237 g/mol. The van der Waals surface area contributed by atoms with Crippen LogP contribution in [0.25, 0.3) is 0 Å². The fourth-order valence-corrected chi connectivity index (χ4v) is 1.60. The normalized spacial score (nSPS) is 16.6. The summed E-state index contributed by atoms with van der Waals surface area (Å²) in [7, 11) is 0. The summed E-state index contributed by atoms with van der Waals surface area (Å²) >= 11 is 0. The first-order chi connectivity index (χ1) is 8.06. The molecule has 6 heteroatoms. The zero-order valence-electron chi connectivity index (χ0n) is 9.60. The summed E-state index contributed by atoms with van der Waals surface area (Å²) in [4.78, 5) is 18.8. The number of hydrogen-bond donors (Lipinski definition) is 3. The van der Waals surface area contributed by atoms with Gasteiger partial charge >= 0.3 is 5.97 Å². The number of aliphatic hydroxyl groups excluding tert-OH is 1. The Morgan fingerprint density at radius 3 is 2.76 bits per heavy atom. The van der Waals surface area contributed by atoms with Crippen molar-refractivity contribution in [3.8, 4) is 0 Å². The number of carboxylic acids is 1. The fraction of sp³-hybridized carbons (Fsp3) is 0.545. The number of aliphatic hydroxyl groups is 1. The molecule has 0 unspecified atom stereocenters. The first kappa shape index (κ1) is 11.8. The second-order valence-electron chi connectivity index (χ2n) is 4.51. The number of aryl methyl sites for hydroxylation is 1. The maximum atomic E-state index is 10.8. The van der Waals surface area contributed by atoms with Crippen molar-refractivity contribution >= 4 is 11.9 Å². The van der Waals surface area contributed by atoms with E-state index in [0.29, 0.717) is 18.2 Å². The average molecular weight is 237 g/mol. The van der Waals surface area contributed by atoms with E-state index in [-0.39, 0.29) is 17.6 Å². The lowest BCUT2D eigenvalue weighted by Gasteiger charge is -2.12. The molecule has 0 radical (unpaired) electrons. The third kappa shape index (κ3) is 2.52. The Morgan fingerprint density at radius 2 is 2.29 bits per heavy atom. The van der Waals surface area contributed by atoms with Crippen LogP contribution >= 0.6 is 0 Å². The first-order valence-corrected chi connectivity index (χ1v) is 5.48. The van der Waals surface area contributed by atoms with Crippen molar-refractivity contribution in [1.29, 1.82) is 0 Å². The number of nitrogens with zero attached hydrogens (tertiary/aromatic N) is 2. The molecule has 0 saturated heterocycles. The molecule has 0 bridgehead atoms. The van der Waals surface area contributed by atoms with Gasteiger partial charge in [-0.05, 0) is 19.8 Å². The highest BCUT2D eigenvalue weighted by Crippen LogP contribution is 2.44. The molecular weight excluding hydrogens is 222 g/mol. The predicted octanol–water partition coefficient (Wildman–Crippen LogP) is 0.668. The third-order valence-corrected chi connectivity index (χ3v) is 3.12. The number of anilines is 1. The van der Waals surface area contributed by atoms with E-state index in [4.69, 9.17) is 10.2 Å². The Morgan fingerprint density at radius 1 is 1.59 bits per heavy atom. The van der Waals surface area contributed by atoms with Gasteiger partial charge < -0.3 is 15.5 Å². The number of nitrogens with one attached hydrogen (secondary N) is 1. The molecule has 1 aliphatic rings. The van der Waals surface area contributed by atoms with E-state index in [9.17, 15) is 4.79 Å². The second-order valence-corrected chi connectivity index (χ2v) is 4.51. The number of hydrogen-bond acceptors (Lipinski definition) is 5. The minimum absolute atomic E-state index is 0.0251. The molecule has 1 aromatic rings. The van der Waals surface area contributed by atoms with Crippen molar-refractivity contribution in [1.82, 2.24) is 9.97 Å². The highest BCUT2D eigenvalue weighted by molar-refractivity contribution is 5.88. The van der Waals surface area contributed by atoms with E-state index in [2.05, 4.69) is 15.3 Å². The molecule has 0 amide bonds. The van der Waals surface area contributed by atoms with Gasteiger partial charge in [-0.15, -0.1) is 0 Å². The minimum atomic E-state index is -1.02. The molecule has 6 nitrogen and oxygen atoms in total. The molecule has 0 spiro atoms. The molecule has 0 aromatic carbocycles. The van der Waals surface area contributed by atoms with Gasteiger partial charge in [0.25, 0.3) is 0 Å². The molecule has 92 valence electrons. The van der Waals surface area contributed by atoms with E-state index in [0.717, 1.165) is 12.8 Å². The standard InChI is InChI=1S/C11H15N3O3/c1-7-8(9(16)17)4-12-10(14-7)13-5-11(6-15)2-3-11/h4,15H,2-3,5-6H2,1H3,(H,16,17)(H,12,13,14). The number of carboxylic acid groups (broad SMARTS) is 1. The van der Waals surface area contributed by atoms with E-state index in [1.807, 2.05) is 0 Å². The Kier molecular flexibility index (Phi) is 2.97. The number of aromatic nitrogens is 2. The second kappa shape index (κ2) is 4.29. The van der Waals surface area contributed by atoms with Crippen LogP contribution in [0.4, 0.5) is 5.95 Å². The summed E-state index contributed by atoms with van der Waals surface area (Å²) in [5.41, 5.74) is 0.519. The maximum Gasteiger partial charge on any atom is 0.339 e. The van der Waals surface area contributed by atoms with Crippen LogP contribution in [0.5, 0.6) is 0 Å². The summed E-state index contributed by atoms with van der Waals surface area (Å²) in [6, 6.07) is 0. The molecule has 0 aliphatic heterocycles. The van der Waals surface area contributed by atoms with E-state index >= 15 is 0 Å². The lowest BCUT2D eigenvalue weighted by atomic mass is 10.1. The smallest absolute Gasteiger partial charge is 0.339 e. The molecule has 1 aliphatic carbocycles. The van der Waals surface area contributed by atoms with Gasteiger partial charge in [-0.25, -0.2) is 14.8 Å². The van der Waals surface area contributed by atoms with Crippen molar-refractivity contribution in [3.05, 3.63) is 17.5 Å². The quantitative estimate of drug-likeness (QED) is 0.696. The number of aromatic carboxylic acids is 1. The van der Waals surface area contributed by atoms with Crippen LogP contribution < -0.4 is 5.32 Å². The van der Waals surface area contributed by atoms with E-state index in [1.165, 1.54) is 6.20 Å². The van der Waals surface area contributed by atoms with Crippen LogP contribution in [0, 0.1) is 12.3 Å². The molecular formula is C11H15N3O3. The third-order valence-electron chi connectivity index (χ3n) is 3.12. The highest BCUT2D eigenvalue weighted by Gasteiger charge is 2.41. The highest BCUT2D eigenvalue weighted by atomic mass is 16.4. The van der Waals surface area contributed by atoms with Crippen LogP contribution in [0.1, 0.15) is 28.9 Å².